The minimum atomic E-state index is 0.122. The zero-order valence-corrected chi connectivity index (χ0v) is 10.5. The van der Waals surface area contributed by atoms with E-state index < -0.39 is 0 Å². The van der Waals surface area contributed by atoms with Gasteiger partial charge in [0.25, 0.3) is 0 Å². The Kier molecular flexibility index (Phi) is 4.59. The highest BCUT2D eigenvalue weighted by molar-refractivity contribution is 5.69. The summed E-state index contributed by atoms with van der Waals surface area (Å²) < 4.78 is 5.59. The summed E-state index contributed by atoms with van der Waals surface area (Å²) in [6.45, 7) is 5.86. The molecule has 0 bridgehead atoms. The van der Waals surface area contributed by atoms with Crippen molar-refractivity contribution in [3.8, 4) is 11.8 Å². The van der Waals surface area contributed by atoms with E-state index in [0.717, 1.165) is 11.3 Å². The minimum absolute atomic E-state index is 0.122. The zero-order valence-electron chi connectivity index (χ0n) is 10.5. The summed E-state index contributed by atoms with van der Waals surface area (Å²) in [7, 11) is 0. The average Bonchev–Trinajstić information content (AvgIpc) is 2.30. The third-order valence-electron chi connectivity index (χ3n) is 2.33. The van der Waals surface area contributed by atoms with Crippen molar-refractivity contribution in [3.05, 3.63) is 35.4 Å². The summed E-state index contributed by atoms with van der Waals surface area (Å²) in [5, 5.41) is 8.95. The third-order valence-corrected chi connectivity index (χ3v) is 2.33. The van der Waals surface area contributed by atoms with E-state index in [1.165, 1.54) is 0 Å². The number of benzene rings is 1. The standard InChI is InChI=1S/C14H18N2O/c1-4-11(9-15)14(16)12-6-5-7-13(8-12)17-10(2)3/h5-8,10H,4,16H2,1-3H3/b14-11-. The Labute approximate surface area is 103 Å². The van der Waals surface area contributed by atoms with Gasteiger partial charge >= 0.3 is 0 Å². The van der Waals surface area contributed by atoms with E-state index in [2.05, 4.69) is 6.07 Å². The molecule has 1 rings (SSSR count). The molecule has 0 aliphatic carbocycles. The molecule has 17 heavy (non-hydrogen) atoms. The van der Waals surface area contributed by atoms with E-state index in [0.29, 0.717) is 17.7 Å². The average molecular weight is 230 g/mol. The van der Waals surface area contributed by atoms with Crippen molar-refractivity contribution in [2.24, 2.45) is 5.73 Å². The lowest BCUT2D eigenvalue weighted by Gasteiger charge is -2.11. The first kappa shape index (κ1) is 13.1. The van der Waals surface area contributed by atoms with Crippen LogP contribution in [0.2, 0.25) is 0 Å². The number of nitrogens with zero attached hydrogens (tertiary/aromatic N) is 1. The van der Waals surface area contributed by atoms with Gasteiger partial charge in [0.1, 0.15) is 5.75 Å². The molecular formula is C14H18N2O. The first-order valence-electron chi connectivity index (χ1n) is 5.74. The molecule has 0 saturated heterocycles. The fraction of sp³-hybridized carbons (Fsp3) is 0.357. The Morgan fingerprint density at radius 2 is 2.18 bits per heavy atom. The summed E-state index contributed by atoms with van der Waals surface area (Å²) >= 11 is 0. The van der Waals surface area contributed by atoms with E-state index in [1.54, 1.807) is 0 Å². The summed E-state index contributed by atoms with van der Waals surface area (Å²) in [6, 6.07) is 9.64. The van der Waals surface area contributed by atoms with Crippen LogP contribution >= 0.6 is 0 Å². The number of hydrogen-bond donors (Lipinski definition) is 1. The van der Waals surface area contributed by atoms with E-state index >= 15 is 0 Å². The van der Waals surface area contributed by atoms with Crippen LogP contribution in [-0.4, -0.2) is 6.10 Å². The van der Waals surface area contributed by atoms with Gasteiger partial charge in [-0.15, -0.1) is 0 Å². The Hall–Kier alpha value is -1.95. The van der Waals surface area contributed by atoms with E-state index in [1.807, 2.05) is 45.0 Å². The molecule has 0 atom stereocenters. The summed E-state index contributed by atoms with van der Waals surface area (Å²) in [4.78, 5) is 0. The molecule has 90 valence electrons. The molecule has 1 aromatic carbocycles. The summed E-state index contributed by atoms with van der Waals surface area (Å²) in [5.74, 6) is 0.772. The number of nitrogens with two attached hydrogens (primary N) is 1. The predicted octanol–water partition coefficient (Wildman–Crippen LogP) is 3.08. The van der Waals surface area contributed by atoms with Crippen molar-refractivity contribution in [2.45, 2.75) is 33.3 Å². The van der Waals surface area contributed by atoms with Crippen LogP contribution in [0.5, 0.6) is 5.75 Å². The number of allylic oxidation sites excluding steroid dienone is 1. The molecule has 0 radical (unpaired) electrons. The number of rotatable bonds is 4. The molecule has 0 aromatic heterocycles. The van der Waals surface area contributed by atoms with Crippen LogP contribution in [0, 0.1) is 11.3 Å². The summed E-state index contributed by atoms with van der Waals surface area (Å²) in [6.07, 6.45) is 0.759. The fourth-order valence-electron chi connectivity index (χ4n) is 1.51. The Bertz CT molecular complexity index is 456. The maximum Gasteiger partial charge on any atom is 0.120 e. The van der Waals surface area contributed by atoms with Crippen molar-refractivity contribution in [2.75, 3.05) is 0 Å². The van der Waals surface area contributed by atoms with Crippen molar-refractivity contribution in [3.63, 3.8) is 0 Å². The van der Waals surface area contributed by atoms with Crippen LogP contribution in [0.1, 0.15) is 32.8 Å². The second-order valence-electron chi connectivity index (χ2n) is 4.05. The Balaban J connectivity index is 3.08. The first-order chi connectivity index (χ1) is 8.08. The highest BCUT2D eigenvalue weighted by Gasteiger charge is 2.05. The number of nitriles is 1. The third kappa shape index (κ3) is 3.53. The van der Waals surface area contributed by atoms with Gasteiger partial charge in [0, 0.05) is 5.56 Å². The van der Waals surface area contributed by atoms with Gasteiger partial charge in [-0.2, -0.15) is 5.26 Å². The van der Waals surface area contributed by atoms with Crippen LogP contribution in [0.4, 0.5) is 0 Å². The largest absolute Gasteiger partial charge is 0.491 e. The highest BCUT2D eigenvalue weighted by Crippen LogP contribution is 2.21. The molecule has 0 heterocycles. The van der Waals surface area contributed by atoms with Gasteiger partial charge in [-0.05, 0) is 32.4 Å². The van der Waals surface area contributed by atoms with Crippen LogP contribution in [0.25, 0.3) is 5.70 Å². The first-order valence-corrected chi connectivity index (χ1v) is 5.74. The molecule has 2 N–H and O–H groups in total. The van der Waals surface area contributed by atoms with Crippen molar-refractivity contribution < 1.29 is 4.74 Å². The quantitative estimate of drug-likeness (QED) is 0.808. The maximum atomic E-state index is 8.95. The summed E-state index contributed by atoms with van der Waals surface area (Å²) in [5.41, 5.74) is 7.93. The Morgan fingerprint density at radius 3 is 2.71 bits per heavy atom. The molecule has 0 aliphatic rings. The minimum Gasteiger partial charge on any atom is -0.491 e. The molecule has 0 fully saturated rings. The molecule has 0 aliphatic heterocycles. The molecule has 0 unspecified atom stereocenters. The lowest BCUT2D eigenvalue weighted by molar-refractivity contribution is 0.242. The molecule has 0 amide bonds. The maximum absolute atomic E-state index is 8.95. The van der Waals surface area contributed by atoms with Crippen LogP contribution in [0.3, 0.4) is 0 Å². The van der Waals surface area contributed by atoms with Crippen LogP contribution < -0.4 is 10.5 Å². The van der Waals surface area contributed by atoms with Gasteiger partial charge in [-0.1, -0.05) is 19.1 Å². The number of ether oxygens (including phenoxy) is 1. The molecule has 0 spiro atoms. The lowest BCUT2D eigenvalue weighted by atomic mass is 10.1. The van der Waals surface area contributed by atoms with Gasteiger partial charge < -0.3 is 10.5 Å². The predicted molar refractivity (Wildman–Crippen MR) is 69.2 cm³/mol. The fourth-order valence-corrected chi connectivity index (χ4v) is 1.51. The van der Waals surface area contributed by atoms with E-state index in [4.69, 9.17) is 15.7 Å². The van der Waals surface area contributed by atoms with E-state index in [9.17, 15) is 0 Å². The second-order valence-corrected chi connectivity index (χ2v) is 4.05. The van der Waals surface area contributed by atoms with Gasteiger partial charge in [0.15, 0.2) is 0 Å². The lowest BCUT2D eigenvalue weighted by Crippen LogP contribution is -2.06. The molecule has 0 saturated carbocycles. The smallest absolute Gasteiger partial charge is 0.120 e. The monoisotopic (exact) mass is 230 g/mol. The van der Waals surface area contributed by atoms with Gasteiger partial charge in [0.2, 0.25) is 0 Å². The number of hydrogen-bond acceptors (Lipinski definition) is 3. The van der Waals surface area contributed by atoms with Crippen molar-refractivity contribution in [1.82, 2.24) is 0 Å². The Morgan fingerprint density at radius 1 is 1.47 bits per heavy atom. The molecular weight excluding hydrogens is 212 g/mol. The van der Waals surface area contributed by atoms with Gasteiger partial charge in [0.05, 0.1) is 23.4 Å². The van der Waals surface area contributed by atoms with Crippen LogP contribution in [0.15, 0.2) is 29.8 Å². The molecule has 3 heteroatoms. The van der Waals surface area contributed by atoms with Gasteiger partial charge in [-0.25, -0.2) is 0 Å². The van der Waals surface area contributed by atoms with Crippen molar-refractivity contribution in [1.29, 1.82) is 5.26 Å². The van der Waals surface area contributed by atoms with Crippen LogP contribution in [-0.2, 0) is 0 Å². The molecule has 1 aromatic rings. The highest BCUT2D eigenvalue weighted by atomic mass is 16.5. The van der Waals surface area contributed by atoms with E-state index in [-0.39, 0.29) is 6.10 Å². The second kappa shape index (κ2) is 5.95. The SMILES string of the molecule is CC/C(C#N)=C(/N)c1cccc(OC(C)C)c1. The zero-order chi connectivity index (χ0) is 12.8. The normalized spacial score (nSPS) is 11.9. The topological polar surface area (TPSA) is 59.0 Å². The van der Waals surface area contributed by atoms with Crippen molar-refractivity contribution >= 4 is 5.70 Å². The molecule has 3 nitrogen and oxygen atoms in total. The van der Waals surface area contributed by atoms with Gasteiger partial charge in [-0.3, -0.25) is 0 Å².